The van der Waals surface area contributed by atoms with E-state index in [9.17, 15) is 9.18 Å². The lowest BCUT2D eigenvalue weighted by Crippen LogP contribution is -2.33. The maximum Gasteiger partial charge on any atom is 0.347 e. The van der Waals surface area contributed by atoms with E-state index in [1.54, 1.807) is 0 Å². The van der Waals surface area contributed by atoms with Gasteiger partial charge < -0.3 is 14.2 Å². The molecule has 0 spiro atoms. The first-order valence-electron chi connectivity index (χ1n) is 7.95. The lowest BCUT2D eigenvalue weighted by Gasteiger charge is -2.23. The van der Waals surface area contributed by atoms with Gasteiger partial charge in [-0.1, -0.05) is 11.8 Å². The number of hydrogen-bond acceptors (Lipinski definition) is 4. The summed E-state index contributed by atoms with van der Waals surface area (Å²) in [6.45, 7) is 7.89. The van der Waals surface area contributed by atoms with E-state index < -0.39 is 23.5 Å². The molecule has 0 bridgehead atoms. The number of hydrogen-bond donors (Lipinski definition) is 0. The summed E-state index contributed by atoms with van der Waals surface area (Å²) >= 11 is 0. The summed E-state index contributed by atoms with van der Waals surface area (Å²) in [7, 11) is 1.28. The first-order chi connectivity index (χ1) is 11.2. The molecule has 1 heterocycles. The normalized spacial score (nSPS) is 14.8. The van der Waals surface area contributed by atoms with E-state index in [4.69, 9.17) is 14.2 Å². The zero-order valence-electron chi connectivity index (χ0n) is 14.8. The highest BCUT2D eigenvalue weighted by atomic mass is 19.1. The molecular formula is C19H23FO4. The number of methoxy groups -OCH3 is 1. The first kappa shape index (κ1) is 18.3. The number of carbonyl (C=O) groups excluding carboxylic acids is 1. The van der Waals surface area contributed by atoms with Gasteiger partial charge in [0, 0.05) is 11.1 Å². The van der Waals surface area contributed by atoms with Crippen molar-refractivity contribution in [3.63, 3.8) is 0 Å². The largest absolute Gasteiger partial charge is 0.490 e. The fourth-order valence-corrected chi connectivity index (χ4v) is 2.53. The van der Waals surface area contributed by atoms with Crippen LogP contribution in [0, 0.1) is 24.6 Å². The van der Waals surface area contributed by atoms with Crippen LogP contribution in [0.3, 0.4) is 0 Å². The van der Waals surface area contributed by atoms with E-state index in [1.807, 2.05) is 27.7 Å². The molecular weight excluding hydrogens is 311 g/mol. The van der Waals surface area contributed by atoms with Gasteiger partial charge in [-0.25, -0.2) is 9.18 Å². The van der Waals surface area contributed by atoms with E-state index in [2.05, 4.69) is 11.8 Å². The van der Waals surface area contributed by atoms with Gasteiger partial charge in [0.25, 0.3) is 0 Å². The average molecular weight is 334 g/mol. The predicted molar refractivity (Wildman–Crippen MR) is 88.5 cm³/mol. The minimum atomic E-state index is -1.02. The van der Waals surface area contributed by atoms with Crippen LogP contribution < -0.4 is 4.74 Å². The van der Waals surface area contributed by atoms with Crippen LogP contribution in [0.4, 0.5) is 4.39 Å². The lowest BCUT2D eigenvalue weighted by atomic mass is 9.96. The van der Waals surface area contributed by atoms with Crippen LogP contribution in [0.1, 0.15) is 43.9 Å². The maximum atomic E-state index is 14.2. The quantitative estimate of drug-likeness (QED) is 0.616. The third kappa shape index (κ3) is 4.27. The monoisotopic (exact) mass is 334 g/mol. The topological polar surface area (TPSA) is 44.8 Å². The molecule has 0 saturated heterocycles. The molecule has 1 atom stereocenters. The zero-order chi connectivity index (χ0) is 17.9. The molecule has 130 valence electrons. The molecule has 1 unspecified atom stereocenters. The van der Waals surface area contributed by atoms with Crippen LogP contribution in [-0.2, 0) is 20.7 Å². The summed E-state index contributed by atoms with van der Waals surface area (Å²) < 4.78 is 30.0. The molecule has 0 radical (unpaired) electrons. The van der Waals surface area contributed by atoms with Crippen molar-refractivity contribution in [3.8, 4) is 17.6 Å². The van der Waals surface area contributed by atoms with Crippen molar-refractivity contribution in [2.45, 2.75) is 52.2 Å². The van der Waals surface area contributed by atoms with Gasteiger partial charge in [-0.15, -0.1) is 0 Å². The molecule has 2 rings (SSSR count). The molecule has 0 amide bonds. The Bertz CT molecular complexity index is 692. The zero-order valence-corrected chi connectivity index (χ0v) is 14.8. The smallest absolute Gasteiger partial charge is 0.347 e. The standard InChI is InChI=1S/C19H23FO4/c1-12-13(11-15(20)17-14(12)7-6-10-23-17)8-9-16(18(21)22-5)24-19(2,3)4/h11,16H,6-7,10H2,1-5H3. The fraction of sp³-hybridized carbons (Fsp3) is 0.526. The molecule has 1 aromatic rings. The van der Waals surface area contributed by atoms with Crippen molar-refractivity contribution in [2.24, 2.45) is 0 Å². The molecule has 1 aliphatic rings. The Labute approximate surface area is 142 Å². The van der Waals surface area contributed by atoms with Gasteiger partial charge in [0.2, 0.25) is 6.10 Å². The van der Waals surface area contributed by atoms with Gasteiger partial charge in [-0.3, -0.25) is 0 Å². The van der Waals surface area contributed by atoms with Crippen molar-refractivity contribution in [2.75, 3.05) is 13.7 Å². The number of benzene rings is 1. The van der Waals surface area contributed by atoms with Gasteiger partial charge in [0.05, 0.1) is 19.3 Å². The number of fused-ring (bicyclic) bond motifs is 1. The summed E-state index contributed by atoms with van der Waals surface area (Å²) in [4.78, 5) is 11.9. The molecule has 0 aliphatic carbocycles. The Balaban J connectivity index is 2.37. The number of ether oxygens (including phenoxy) is 3. The Hall–Kier alpha value is -2.06. The highest BCUT2D eigenvalue weighted by molar-refractivity contribution is 5.78. The molecule has 1 aromatic carbocycles. The van der Waals surface area contributed by atoms with Crippen LogP contribution >= 0.6 is 0 Å². The van der Waals surface area contributed by atoms with Crippen molar-refractivity contribution < 1.29 is 23.4 Å². The molecule has 0 fully saturated rings. The van der Waals surface area contributed by atoms with E-state index in [-0.39, 0.29) is 0 Å². The summed E-state index contributed by atoms with van der Waals surface area (Å²) in [5, 5.41) is 0. The predicted octanol–water partition coefficient (Wildman–Crippen LogP) is 3.17. The second kappa shape index (κ2) is 7.23. The molecule has 0 saturated carbocycles. The van der Waals surface area contributed by atoms with Crippen molar-refractivity contribution in [3.05, 3.63) is 28.6 Å². The van der Waals surface area contributed by atoms with Gasteiger partial charge >= 0.3 is 5.97 Å². The number of rotatable bonds is 2. The minimum Gasteiger partial charge on any atom is -0.490 e. The van der Waals surface area contributed by atoms with Gasteiger partial charge in [-0.05, 0) is 52.2 Å². The fourth-order valence-electron chi connectivity index (χ4n) is 2.53. The van der Waals surface area contributed by atoms with Crippen LogP contribution in [0.15, 0.2) is 6.07 Å². The van der Waals surface area contributed by atoms with Gasteiger partial charge in [0.1, 0.15) is 0 Å². The molecule has 0 aromatic heterocycles. The Morgan fingerprint density at radius 2 is 2.12 bits per heavy atom. The van der Waals surface area contributed by atoms with Crippen molar-refractivity contribution in [1.82, 2.24) is 0 Å². The number of esters is 1. The average Bonchev–Trinajstić information content (AvgIpc) is 2.53. The lowest BCUT2D eigenvalue weighted by molar-refractivity contribution is -0.157. The van der Waals surface area contributed by atoms with Crippen LogP contribution in [0.25, 0.3) is 0 Å². The van der Waals surface area contributed by atoms with Crippen LogP contribution in [-0.4, -0.2) is 31.4 Å². The molecule has 4 nitrogen and oxygen atoms in total. The first-order valence-corrected chi connectivity index (χ1v) is 7.95. The minimum absolute atomic E-state index is 0.319. The Morgan fingerprint density at radius 3 is 2.75 bits per heavy atom. The molecule has 0 N–H and O–H groups in total. The van der Waals surface area contributed by atoms with E-state index in [0.717, 1.165) is 24.0 Å². The molecule has 24 heavy (non-hydrogen) atoms. The van der Waals surface area contributed by atoms with Crippen molar-refractivity contribution >= 4 is 5.97 Å². The van der Waals surface area contributed by atoms with E-state index in [0.29, 0.717) is 17.9 Å². The van der Waals surface area contributed by atoms with Crippen LogP contribution in [0.5, 0.6) is 5.75 Å². The van der Waals surface area contributed by atoms with E-state index >= 15 is 0 Å². The Kier molecular flexibility index (Phi) is 5.51. The summed E-state index contributed by atoms with van der Waals surface area (Å²) in [5.41, 5.74) is 1.69. The SMILES string of the molecule is COC(=O)C(C#Cc1cc(F)c2c(c1C)CCCO2)OC(C)(C)C. The third-order valence-corrected chi connectivity index (χ3v) is 3.66. The highest BCUT2D eigenvalue weighted by Gasteiger charge is 2.25. The van der Waals surface area contributed by atoms with Gasteiger partial charge in [0.15, 0.2) is 11.6 Å². The Morgan fingerprint density at radius 1 is 1.42 bits per heavy atom. The summed E-state index contributed by atoms with van der Waals surface area (Å²) in [6, 6.07) is 1.35. The second-order valence-electron chi connectivity index (χ2n) is 6.69. The van der Waals surface area contributed by atoms with Gasteiger partial charge in [-0.2, -0.15) is 0 Å². The number of halogens is 1. The second-order valence-corrected chi connectivity index (χ2v) is 6.69. The summed E-state index contributed by atoms with van der Waals surface area (Å²) in [5.74, 6) is 4.96. The number of carbonyl (C=O) groups is 1. The third-order valence-electron chi connectivity index (χ3n) is 3.66. The summed E-state index contributed by atoms with van der Waals surface area (Å²) in [6.07, 6.45) is 0.582. The molecule has 5 heteroatoms. The van der Waals surface area contributed by atoms with E-state index in [1.165, 1.54) is 13.2 Å². The molecule has 1 aliphatic heterocycles. The van der Waals surface area contributed by atoms with Crippen molar-refractivity contribution in [1.29, 1.82) is 0 Å². The maximum absolute atomic E-state index is 14.2. The highest BCUT2D eigenvalue weighted by Crippen LogP contribution is 2.32. The van der Waals surface area contributed by atoms with Crippen LogP contribution in [0.2, 0.25) is 0 Å².